The Morgan fingerprint density at radius 3 is 2.80 bits per heavy atom. The average Bonchev–Trinajstić information content (AvgIpc) is 2.29. The highest BCUT2D eigenvalue weighted by molar-refractivity contribution is 5.75. The van der Waals surface area contributed by atoms with E-state index < -0.39 is 0 Å². The van der Waals surface area contributed by atoms with Gasteiger partial charge in [0, 0.05) is 13.1 Å². The summed E-state index contributed by atoms with van der Waals surface area (Å²) in [5.74, 6) is 1.42. The Hall–Kier alpha value is -1.71. The van der Waals surface area contributed by atoms with Crippen molar-refractivity contribution in [1.82, 2.24) is 5.32 Å². The monoisotopic (exact) mass is 209 g/mol. The van der Waals surface area contributed by atoms with Crippen LogP contribution in [-0.4, -0.2) is 26.7 Å². The first kappa shape index (κ1) is 11.4. The molecule has 1 amide bonds. The molecule has 0 spiro atoms. The van der Waals surface area contributed by atoms with Gasteiger partial charge in [0.25, 0.3) is 0 Å². The third kappa shape index (κ3) is 3.89. The van der Waals surface area contributed by atoms with E-state index in [0.717, 1.165) is 5.75 Å². The molecule has 0 saturated carbocycles. The van der Waals surface area contributed by atoms with Crippen molar-refractivity contribution in [3.63, 3.8) is 0 Å². The lowest BCUT2D eigenvalue weighted by atomic mass is 10.3. The summed E-state index contributed by atoms with van der Waals surface area (Å²) >= 11 is 0. The Morgan fingerprint density at radius 2 is 2.13 bits per heavy atom. The molecule has 0 aliphatic carbocycles. The fourth-order valence-electron chi connectivity index (χ4n) is 1.08. The fraction of sp³-hybridized carbons (Fsp3) is 0.364. The second kappa shape index (κ2) is 5.90. The summed E-state index contributed by atoms with van der Waals surface area (Å²) in [6, 6.07) is 7.29. The Balaban J connectivity index is 2.40. The minimum Gasteiger partial charge on any atom is -0.497 e. The molecule has 15 heavy (non-hydrogen) atoms. The molecule has 0 saturated heterocycles. The first-order valence-electron chi connectivity index (χ1n) is 4.73. The van der Waals surface area contributed by atoms with Crippen molar-refractivity contribution in [2.45, 2.75) is 6.42 Å². The number of ether oxygens (including phenoxy) is 2. The SMILES string of the molecule is CNC(=O)CCOc1cccc(OC)c1. The highest BCUT2D eigenvalue weighted by Crippen LogP contribution is 2.18. The number of rotatable bonds is 5. The zero-order valence-corrected chi connectivity index (χ0v) is 8.95. The molecule has 0 fully saturated rings. The topological polar surface area (TPSA) is 47.6 Å². The molecule has 0 bridgehead atoms. The highest BCUT2D eigenvalue weighted by atomic mass is 16.5. The maximum Gasteiger partial charge on any atom is 0.223 e. The standard InChI is InChI=1S/C11H15NO3/c1-12-11(13)6-7-15-10-5-3-4-9(8-10)14-2/h3-5,8H,6-7H2,1-2H3,(H,12,13). The average molecular weight is 209 g/mol. The Kier molecular flexibility index (Phi) is 4.47. The molecule has 0 atom stereocenters. The maximum absolute atomic E-state index is 10.9. The van der Waals surface area contributed by atoms with Gasteiger partial charge in [-0.1, -0.05) is 6.07 Å². The molecule has 1 rings (SSSR count). The largest absolute Gasteiger partial charge is 0.497 e. The van der Waals surface area contributed by atoms with Crippen LogP contribution in [0.5, 0.6) is 11.5 Å². The molecule has 0 unspecified atom stereocenters. The van der Waals surface area contributed by atoms with Gasteiger partial charge in [-0.05, 0) is 12.1 Å². The molecule has 4 nitrogen and oxygen atoms in total. The van der Waals surface area contributed by atoms with Gasteiger partial charge in [0.05, 0.1) is 20.1 Å². The summed E-state index contributed by atoms with van der Waals surface area (Å²) in [5.41, 5.74) is 0. The number of amides is 1. The molecule has 82 valence electrons. The molecule has 1 aromatic carbocycles. The summed E-state index contributed by atoms with van der Waals surface area (Å²) in [6.45, 7) is 0.368. The normalized spacial score (nSPS) is 9.47. The van der Waals surface area contributed by atoms with Crippen LogP contribution in [0.15, 0.2) is 24.3 Å². The second-order valence-corrected chi connectivity index (χ2v) is 2.95. The summed E-state index contributed by atoms with van der Waals surface area (Å²) in [5, 5.41) is 2.53. The van der Waals surface area contributed by atoms with Gasteiger partial charge in [0.15, 0.2) is 0 Å². The van der Waals surface area contributed by atoms with Gasteiger partial charge in [0.1, 0.15) is 11.5 Å². The van der Waals surface area contributed by atoms with Crippen molar-refractivity contribution in [3.8, 4) is 11.5 Å². The van der Waals surface area contributed by atoms with Gasteiger partial charge in [-0.3, -0.25) is 4.79 Å². The predicted octanol–water partition coefficient (Wildman–Crippen LogP) is 1.21. The van der Waals surface area contributed by atoms with Crippen LogP contribution in [0.4, 0.5) is 0 Å². The first-order chi connectivity index (χ1) is 7.26. The van der Waals surface area contributed by atoms with Crippen molar-refractivity contribution in [2.75, 3.05) is 20.8 Å². The van der Waals surface area contributed by atoms with Crippen LogP contribution in [0.3, 0.4) is 0 Å². The highest BCUT2D eigenvalue weighted by Gasteiger charge is 1.99. The van der Waals surface area contributed by atoms with Crippen molar-refractivity contribution in [3.05, 3.63) is 24.3 Å². The summed E-state index contributed by atoms with van der Waals surface area (Å²) in [6.07, 6.45) is 0.355. The van der Waals surface area contributed by atoms with E-state index in [0.29, 0.717) is 18.8 Å². The summed E-state index contributed by atoms with van der Waals surface area (Å²) < 4.78 is 10.4. The minimum atomic E-state index is -0.0297. The number of methoxy groups -OCH3 is 1. The third-order valence-corrected chi connectivity index (χ3v) is 1.92. The summed E-state index contributed by atoms with van der Waals surface area (Å²) in [7, 11) is 3.21. The van der Waals surface area contributed by atoms with Gasteiger partial charge in [-0.15, -0.1) is 0 Å². The molecule has 4 heteroatoms. The zero-order valence-electron chi connectivity index (χ0n) is 8.95. The lowest BCUT2D eigenvalue weighted by Gasteiger charge is -2.06. The van der Waals surface area contributed by atoms with Gasteiger partial charge in [-0.25, -0.2) is 0 Å². The Labute approximate surface area is 89.2 Å². The van der Waals surface area contributed by atoms with E-state index in [4.69, 9.17) is 9.47 Å². The smallest absolute Gasteiger partial charge is 0.223 e. The quantitative estimate of drug-likeness (QED) is 0.793. The molecule has 0 heterocycles. The van der Waals surface area contributed by atoms with Crippen LogP contribution < -0.4 is 14.8 Å². The van der Waals surface area contributed by atoms with Crippen LogP contribution in [0.25, 0.3) is 0 Å². The molecule has 0 radical (unpaired) electrons. The Bertz CT molecular complexity index is 325. The van der Waals surface area contributed by atoms with Crippen molar-refractivity contribution in [1.29, 1.82) is 0 Å². The van der Waals surface area contributed by atoms with E-state index in [-0.39, 0.29) is 5.91 Å². The van der Waals surface area contributed by atoms with Gasteiger partial charge < -0.3 is 14.8 Å². The second-order valence-electron chi connectivity index (χ2n) is 2.95. The van der Waals surface area contributed by atoms with Crippen LogP contribution in [0.2, 0.25) is 0 Å². The van der Waals surface area contributed by atoms with E-state index in [1.807, 2.05) is 18.2 Å². The minimum absolute atomic E-state index is 0.0297. The Morgan fingerprint density at radius 1 is 1.40 bits per heavy atom. The zero-order chi connectivity index (χ0) is 11.1. The van der Waals surface area contributed by atoms with Crippen LogP contribution in [0.1, 0.15) is 6.42 Å². The number of nitrogens with one attached hydrogen (secondary N) is 1. The van der Waals surface area contributed by atoms with E-state index >= 15 is 0 Å². The number of carbonyl (C=O) groups excluding carboxylic acids is 1. The maximum atomic E-state index is 10.9. The molecule has 0 aromatic heterocycles. The van der Waals surface area contributed by atoms with Gasteiger partial charge in [0.2, 0.25) is 5.91 Å². The first-order valence-corrected chi connectivity index (χ1v) is 4.73. The van der Waals surface area contributed by atoms with Crippen molar-refractivity contribution in [2.24, 2.45) is 0 Å². The number of carbonyl (C=O) groups is 1. The van der Waals surface area contributed by atoms with Crippen LogP contribution in [0, 0.1) is 0 Å². The predicted molar refractivity (Wildman–Crippen MR) is 57.2 cm³/mol. The number of hydrogen-bond acceptors (Lipinski definition) is 3. The number of hydrogen-bond donors (Lipinski definition) is 1. The molecular weight excluding hydrogens is 194 g/mol. The fourth-order valence-corrected chi connectivity index (χ4v) is 1.08. The van der Waals surface area contributed by atoms with Crippen LogP contribution in [-0.2, 0) is 4.79 Å². The lowest BCUT2D eigenvalue weighted by Crippen LogP contribution is -2.20. The van der Waals surface area contributed by atoms with Gasteiger partial charge in [-0.2, -0.15) is 0 Å². The molecule has 1 N–H and O–H groups in total. The van der Waals surface area contributed by atoms with Gasteiger partial charge >= 0.3 is 0 Å². The van der Waals surface area contributed by atoms with Crippen molar-refractivity contribution < 1.29 is 14.3 Å². The van der Waals surface area contributed by atoms with E-state index in [9.17, 15) is 4.79 Å². The van der Waals surface area contributed by atoms with E-state index in [2.05, 4.69) is 5.32 Å². The molecule has 1 aromatic rings. The summed E-state index contributed by atoms with van der Waals surface area (Å²) in [4.78, 5) is 10.9. The van der Waals surface area contributed by atoms with E-state index in [1.165, 1.54) is 0 Å². The molecule has 0 aliphatic heterocycles. The molecular formula is C11H15NO3. The number of benzene rings is 1. The van der Waals surface area contributed by atoms with Crippen molar-refractivity contribution >= 4 is 5.91 Å². The van der Waals surface area contributed by atoms with Crippen LogP contribution >= 0.6 is 0 Å². The molecule has 0 aliphatic rings. The lowest BCUT2D eigenvalue weighted by molar-refractivity contribution is -0.121. The third-order valence-electron chi connectivity index (χ3n) is 1.92. The van der Waals surface area contributed by atoms with E-state index in [1.54, 1.807) is 20.2 Å².